The maximum absolute atomic E-state index is 11.6. The molecule has 0 aliphatic carbocycles. The monoisotopic (exact) mass is 610 g/mol. The third-order valence-electron chi connectivity index (χ3n) is 7.64. The third-order valence-corrected chi connectivity index (χ3v) is 7.64. The fourth-order valence-electron chi connectivity index (χ4n) is 5.54. The summed E-state index contributed by atoms with van der Waals surface area (Å²) in [5, 5.41) is 115. The van der Waals surface area contributed by atoms with E-state index >= 15 is 0 Å². The Labute approximate surface area is 247 Å². The quantitative estimate of drug-likeness (QED) is 0.149. The maximum Gasteiger partial charge on any atom is 0.267 e. The van der Waals surface area contributed by atoms with Gasteiger partial charge in [0.15, 0.2) is 41.0 Å². The van der Waals surface area contributed by atoms with Gasteiger partial charge < -0.3 is 70.4 Å². The summed E-state index contributed by atoms with van der Waals surface area (Å²) < 4.78 is 18.6. The highest BCUT2D eigenvalue weighted by atomic mass is 16.7. The van der Waals surface area contributed by atoms with Crippen LogP contribution in [0.5, 0.6) is 63.2 Å². The van der Waals surface area contributed by atoms with Crippen molar-refractivity contribution in [2.24, 2.45) is 0 Å². The molecule has 2 aliphatic rings. The maximum atomic E-state index is 11.6. The zero-order valence-corrected chi connectivity index (χ0v) is 22.4. The molecule has 14 heteroatoms. The summed E-state index contributed by atoms with van der Waals surface area (Å²) in [5.74, 6) is -8.39. The van der Waals surface area contributed by atoms with Crippen molar-refractivity contribution in [3.05, 3.63) is 76.9 Å². The first-order valence-electron chi connectivity index (χ1n) is 13.1. The van der Waals surface area contributed by atoms with Gasteiger partial charge in [-0.25, -0.2) is 0 Å². The second kappa shape index (κ2) is 10.1. The van der Waals surface area contributed by atoms with E-state index in [1.54, 1.807) is 0 Å². The second-order valence-corrected chi connectivity index (χ2v) is 10.5. The first-order chi connectivity index (χ1) is 20.8. The second-order valence-electron chi connectivity index (χ2n) is 10.5. The first-order valence-corrected chi connectivity index (χ1v) is 13.1. The lowest BCUT2D eigenvalue weighted by Crippen LogP contribution is -2.55. The molecule has 6 rings (SSSR count). The van der Waals surface area contributed by atoms with Gasteiger partial charge in [-0.1, -0.05) is 6.07 Å². The van der Waals surface area contributed by atoms with E-state index in [0.29, 0.717) is 0 Å². The number of hydrogen-bond acceptors (Lipinski definition) is 14. The first kappa shape index (κ1) is 28.7. The molecule has 5 atom stereocenters. The number of benzene rings is 4. The van der Waals surface area contributed by atoms with E-state index in [1.165, 1.54) is 18.2 Å². The number of rotatable bonds is 4. The van der Waals surface area contributed by atoms with Crippen LogP contribution in [-0.2, 0) is 16.9 Å². The minimum Gasteiger partial charge on any atom is -0.508 e. The minimum absolute atomic E-state index is 0.0271. The average Bonchev–Trinajstić information content (AvgIpc) is 2.95. The summed E-state index contributed by atoms with van der Waals surface area (Å²) in [4.78, 5) is 0. The summed E-state index contributed by atoms with van der Waals surface area (Å²) in [6, 6.07) is 9.67. The topological polar surface area (TPSA) is 250 Å². The van der Waals surface area contributed by atoms with Gasteiger partial charge in [0.2, 0.25) is 0 Å². The Morgan fingerprint density at radius 1 is 0.659 bits per heavy atom. The Balaban J connectivity index is 1.56. The third kappa shape index (κ3) is 4.48. The molecule has 0 spiro atoms. The molecule has 4 aromatic carbocycles. The van der Waals surface area contributed by atoms with Crippen LogP contribution in [0.25, 0.3) is 0 Å². The molecule has 11 N–H and O–H groups in total. The molecule has 0 saturated carbocycles. The van der Waals surface area contributed by atoms with Gasteiger partial charge in [-0.2, -0.15) is 0 Å². The molecule has 14 nitrogen and oxygen atoms in total. The van der Waals surface area contributed by atoms with Gasteiger partial charge in [0, 0.05) is 41.8 Å². The minimum atomic E-state index is -2.59. The molecule has 0 unspecified atom stereocenters. The van der Waals surface area contributed by atoms with E-state index in [0.717, 1.165) is 36.4 Å². The molecule has 0 amide bonds. The van der Waals surface area contributed by atoms with Gasteiger partial charge in [-0.15, -0.1) is 0 Å². The molecular formula is C30H26O14. The van der Waals surface area contributed by atoms with Crippen LogP contribution in [0.15, 0.2) is 54.6 Å². The Hall–Kier alpha value is -5.44. The van der Waals surface area contributed by atoms with Crippen molar-refractivity contribution in [1.29, 1.82) is 0 Å². The van der Waals surface area contributed by atoms with Crippen LogP contribution in [-0.4, -0.2) is 68.4 Å². The van der Waals surface area contributed by atoms with Gasteiger partial charge in [-0.3, -0.25) is 0 Å². The number of aliphatic hydroxyl groups is 2. The van der Waals surface area contributed by atoms with Gasteiger partial charge >= 0.3 is 0 Å². The fourth-order valence-corrected chi connectivity index (χ4v) is 5.54. The van der Waals surface area contributed by atoms with Crippen LogP contribution in [0.4, 0.5) is 0 Å². The smallest absolute Gasteiger partial charge is 0.267 e. The van der Waals surface area contributed by atoms with Crippen molar-refractivity contribution < 1.29 is 70.4 Å². The Morgan fingerprint density at radius 3 is 1.95 bits per heavy atom. The molecule has 2 heterocycles. The summed E-state index contributed by atoms with van der Waals surface area (Å²) >= 11 is 0. The van der Waals surface area contributed by atoms with Gasteiger partial charge in [0.05, 0.1) is 5.56 Å². The fraction of sp³-hybridized carbons (Fsp3) is 0.200. The van der Waals surface area contributed by atoms with E-state index in [2.05, 4.69) is 0 Å². The van der Waals surface area contributed by atoms with Crippen LogP contribution >= 0.6 is 0 Å². The van der Waals surface area contributed by atoms with E-state index in [9.17, 15) is 56.2 Å². The molecule has 44 heavy (non-hydrogen) atoms. The molecule has 0 bridgehead atoms. The van der Waals surface area contributed by atoms with Crippen LogP contribution in [0.2, 0.25) is 0 Å². The number of phenolic OH excluding ortho intramolecular Hbond substituents is 9. The average molecular weight is 611 g/mol. The van der Waals surface area contributed by atoms with Crippen LogP contribution in [0.3, 0.4) is 0 Å². The highest BCUT2D eigenvalue weighted by molar-refractivity contribution is 5.57. The zero-order chi connectivity index (χ0) is 31.7. The summed E-state index contributed by atoms with van der Waals surface area (Å²) in [6.07, 6.45) is -6.89. The number of hydrogen-bond donors (Lipinski definition) is 11. The normalized spacial score (nSPS) is 24.0. The van der Waals surface area contributed by atoms with Crippen molar-refractivity contribution >= 4 is 0 Å². The Kier molecular flexibility index (Phi) is 6.57. The molecule has 0 radical (unpaired) electrons. The number of aliphatic hydroxyl groups excluding tert-OH is 2. The predicted octanol–water partition coefficient (Wildman–Crippen LogP) is 2.44. The molecule has 4 aromatic rings. The largest absolute Gasteiger partial charge is 0.508 e. The van der Waals surface area contributed by atoms with Crippen molar-refractivity contribution in [3.63, 3.8) is 0 Å². The predicted molar refractivity (Wildman–Crippen MR) is 146 cm³/mol. The van der Waals surface area contributed by atoms with Crippen molar-refractivity contribution in [1.82, 2.24) is 0 Å². The number of ether oxygens (including phenoxy) is 3. The highest BCUT2D eigenvalue weighted by Crippen LogP contribution is 2.54. The van der Waals surface area contributed by atoms with Gasteiger partial charge in [0.1, 0.15) is 46.7 Å². The van der Waals surface area contributed by atoms with E-state index in [4.69, 9.17) is 14.2 Å². The number of phenols is 9. The SMILES string of the molecule is Oc1cc(O)c2c(c1)O[C@@H](c1ccc(O)c(O)c1)[C@H](O[C@@]1(c3cc(O)c(O)c(O)c3)Oc3cc(O)cc(O)c3[C@@H](O)[C@@H]1O)C2. The highest BCUT2D eigenvalue weighted by Gasteiger charge is 2.56. The van der Waals surface area contributed by atoms with Crippen molar-refractivity contribution in [2.75, 3.05) is 0 Å². The van der Waals surface area contributed by atoms with E-state index < -0.39 is 70.4 Å². The van der Waals surface area contributed by atoms with Crippen molar-refractivity contribution in [2.45, 2.75) is 36.6 Å². The molecule has 0 fully saturated rings. The lowest BCUT2D eigenvalue weighted by atomic mass is 9.86. The molecule has 2 aliphatic heterocycles. The Morgan fingerprint density at radius 2 is 1.30 bits per heavy atom. The van der Waals surface area contributed by atoms with Gasteiger partial charge in [0.25, 0.3) is 5.79 Å². The van der Waals surface area contributed by atoms with Crippen LogP contribution in [0.1, 0.15) is 34.5 Å². The van der Waals surface area contributed by atoms with E-state index in [1.807, 2.05) is 0 Å². The number of aromatic hydroxyl groups is 9. The number of fused-ring (bicyclic) bond motifs is 2. The molecule has 0 saturated heterocycles. The van der Waals surface area contributed by atoms with E-state index in [-0.39, 0.29) is 51.7 Å². The lowest BCUT2D eigenvalue weighted by molar-refractivity contribution is -0.307. The van der Waals surface area contributed by atoms with Crippen LogP contribution in [0, 0.1) is 0 Å². The molecular weight excluding hydrogens is 584 g/mol. The summed E-state index contributed by atoms with van der Waals surface area (Å²) in [6.45, 7) is 0. The summed E-state index contributed by atoms with van der Waals surface area (Å²) in [5.41, 5.74) is -0.328. The lowest BCUT2D eigenvalue weighted by Gasteiger charge is -2.47. The molecule has 230 valence electrons. The van der Waals surface area contributed by atoms with Gasteiger partial charge in [-0.05, 0) is 29.8 Å². The van der Waals surface area contributed by atoms with Crippen LogP contribution < -0.4 is 9.47 Å². The standard InChI is InChI=1S/C30H26O14/c31-13-6-17(34)15-10-24(28(42-22(15)8-13)11-1-2-16(33)18(35)3-11)44-30(12-4-20(37)26(39)21(38)5-12)29(41)27(40)25-19(36)7-14(32)9-23(25)43-30/h1-9,24,27-29,31-41H,10H2/t24-,27-,28+,29+,30-/m1/s1. The summed E-state index contributed by atoms with van der Waals surface area (Å²) in [7, 11) is 0. The molecule has 0 aromatic heterocycles. The zero-order valence-electron chi connectivity index (χ0n) is 22.4. The van der Waals surface area contributed by atoms with Crippen molar-refractivity contribution in [3.8, 4) is 63.2 Å². The Bertz CT molecular complexity index is 1770.